The van der Waals surface area contributed by atoms with Crippen LogP contribution >= 0.6 is 0 Å². The number of carbonyl (C=O) groups excluding carboxylic acids is 1. The summed E-state index contributed by atoms with van der Waals surface area (Å²) in [6, 6.07) is 8.01. The van der Waals surface area contributed by atoms with Crippen molar-refractivity contribution in [1.29, 1.82) is 5.26 Å². The number of hydrogen-bond donors (Lipinski definition) is 1. The lowest BCUT2D eigenvalue weighted by Gasteiger charge is -2.23. The van der Waals surface area contributed by atoms with E-state index < -0.39 is 0 Å². The number of nitrogens with one attached hydrogen (secondary N) is 1. The Morgan fingerprint density at radius 2 is 2.14 bits per heavy atom. The van der Waals surface area contributed by atoms with Gasteiger partial charge in [0, 0.05) is 25.3 Å². The quantitative estimate of drug-likeness (QED) is 0.835. The van der Waals surface area contributed by atoms with Crippen molar-refractivity contribution in [1.82, 2.24) is 4.90 Å². The van der Waals surface area contributed by atoms with Crippen molar-refractivity contribution in [2.45, 2.75) is 34.1 Å². The number of nitrogens with zero attached hydrogens (tertiary/aromatic N) is 2. The number of nitriles is 1. The maximum absolute atomic E-state index is 12.7. The second-order valence-corrected chi connectivity index (χ2v) is 5.35. The summed E-state index contributed by atoms with van der Waals surface area (Å²) in [5.74, 6) is -0.176. The van der Waals surface area contributed by atoms with Crippen LogP contribution in [0.5, 0.6) is 0 Å². The first kappa shape index (κ1) is 17.0. The lowest BCUT2D eigenvalue weighted by Crippen LogP contribution is -2.34. The van der Waals surface area contributed by atoms with E-state index in [1.165, 1.54) is 0 Å². The molecule has 4 heteroatoms. The largest absolute Gasteiger partial charge is 0.384 e. The Kier molecular flexibility index (Phi) is 6.74. The summed E-state index contributed by atoms with van der Waals surface area (Å²) in [6.45, 7) is 9.79. The van der Waals surface area contributed by atoms with Gasteiger partial charge < -0.3 is 10.2 Å². The van der Waals surface area contributed by atoms with E-state index in [2.05, 4.69) is 18.3 Å². The third-order valence-electron chi connectivity index (χ3n) is 3.35. The number of rotatable bonds is 7. The van der Waals surface area contributed by atoms with Gasteiger partial charge in [0.25, 0.3) is 5.91 Å². The van der Waals surface area contributed by atoms with Gasteiger partial charge in [0.05, 0.1) is 17.6 Å². The highest BCUT2D eigenvalue weighted by Crippen LogP contribution is 2.20. The molecule has 0 spiro atoms. The van der Waals surface area contributed by atoms with Gasteiger partial charge in [-0.2, -0.15) is 5.26 Å². The Morgan fingerprint density at radius 3 is 2.71 bits per heavy atom. The van der Waals surface area contributed by atoms with Crippen LogP contribution in [0, 0.1) is 24.2 Å². The van der Waals surface area contributed by atoms with Crippen LogP contribution in [-0.2, 0) is 0 Å². The van der Waals surface area contributed by atoms with Crippen LogP contribution in [0.1, 0.15) is 43.1 Å². The summed E-state index contributed by atoms with van der Waals surface area (Å²) in [7, 11) is 0. The van der Waals surface area contributed by atoms with Crippen LogP contribution in [0.25, 0.3) is 0 Å². The topological polar surface area (TPSA) is 56.1 Å². The third kappa shape index (κ3) is 4.78. The van der Waals surface area contributed by atoms with Crippen molar-refractivity contribution in [3.05, 3.63) is 29.3 Å². The molecule has 0 aromatic heterocycles. The zero-order chi connectivity index (χ0) is 15.8. The Balaban J connectivity index is 3.01. The minimum atomic E-state index is -0.161. The van der Waals surface area contributed by atoms with Crippen molar-refractivity contribution in [3.8, 4) is 6.07 Å². The number of amides is 1. The zero-order valence-corrected chi connectivity index (χ0v) is 13.4. The van der Waals surface area contributed by atoms with Crippen molar-refractivity contribution in [2.24, 2.45) is 5.92 Å². The van der Waals surface area contributed by atoms with Crippen LogP contribution < -0.4 is 5.32 Å². The van der Waals surface area contributed by atoms with Gasteiger partial charge in [-0.15, -0.1) is 0 Å². The van der Waals surface area contributed by atoms with Crippen molar-refractivity contribution >= 4 is 11.6 Å². The van der Waals surface area contributed by atoms with Crippen molar-refractivity contribution in [3.63, 3.8) is 0 Å². The van der Waals surface area contributed by atoms with E-state index in [4.69, 9.17) is 5.26 Å². The third-order valence-corrected chi connectivity index (χ3v) is 3.35. The molecule has 0 aliphatic rings. The molecule has 1 aromatic carbocycles. The molecule has 0 saturated heterocycles. The molecule has 0 aliphatic heterocycles. The van der Waals surface area contributed by atoms with Gasteiger partial charge >= 0.3 is 0 Å². The van der Waals surface area contributed by atoms with Gasteiger partial charge in [-0.1, -0.05) is 13.0 Å². The van der Waals surface area contributed by atoms with Crippen LogP contribution in [0.4, 0.5) is 5.69 Å². The summed E-state index contributed by atoms with van der Waals surface area (Å²) < 4.78 is 0. The van der Waals surface area contributed by atoms with E-state index in [0.29, 0.717) is 18.7 Å². The monoisotopic (exact) mass is 287 g/mol. The van der Waals surface area contributed by atoms with Crippen LogP contribution in [0.15, 0.2) is 18.2 Å². The van der Waals surface area contributed by atoms with E-state index in [0.717, 1.165) is 24.2 Å². The second kappa shape index (κ2) is 8.31. The van der Waals surface area contributed by atoms with Crippen LogP contribution in [-0.4, -0.2) is 30.4 Å². The van der Waals surface area contributed by atoms with Gasteiger partial charge in [0.15, 0.2) is 0 Å². The first-order chi connectivity index (χ1) is 10.0. The van der Waals surface area contributed by atoms with E-state index in [-0.39, 0.29) is 11.8 Å². The molecule has 0 saturated carbocycles. The number of carbonyl (C=O) groups is 1. The van der Waals surface area contributed by atoms with Crippen molar-refractivity contribution in [2.75, 3.05) is 25.0 Å². The van der Waals surface area contributed by atoms with Gasteiger partial charge in [0.2, 0.25) is 0 Å². The molecule has 0 fully saturated rings. The number of benzene rings is 1. The maximum Gasteiger partial charge on any atom is 0.255 e. The fourth-order valence-electron chi connectivity index (χ4n) is 2.15. The molecule has 21 heavy (non-hydrogen) atoms. The molecule has 0 radical (unpaired) electrons. The molecule has 4 nitrogen and oxygen atoms in total. The van der Waals surface area contributed by atoms with Crippen molar-refractivity contribution < 1.29 is 4.79 Å². The fraction of sp³-hybridized carbons (Fsp3) is 0.529. The number of aryl methyl sites for hydroxylation is 1. The predicted octanol–water partition coefficient (Wildman–Crippen LogP) is 3.44. The van der Waals surface area contributed by atoms with Gasteiger partial charge in [-0.25, -0.2) is 0 Å². The number of anilines is 1. The first-order valence-corrected chi connectivity index (χ1v) is 7.56. The average molecular weight is 287 g/mol. The Bertz CT molecular complexity index is 519. The standard InChI is InChI=1S/C17H25N3O/c1-5-9-19-16-10-13(3)7-8-15(16)17(21)20(6-2)12-14(4)11-18/h7-8,10,14,19H,5-6,9,12H2,1-4H3. The zero-order valence-electron chi connectivity index (χ0n) is 13.4. The Morgan fingerprint density at radius 1 is 1.43 bits per heavy atom. The average Bonchev–Trinajstić information content (AvgIpc) is 2.49. The summed E-state index contributed by atoms with van der Waals surface area (Å²) >= 11 is 0. The molecule has 0 bridgehead atoms. The lowest BCUT2D eigenvalue weighted by molar-refractivity contribution is 0.0753. The minimum absolute atomic E-state index is 0.0156. The Hall–Kier alpha value is -2.02. The molecule has 0 heterocycles. The van der Waals surface area contributed by atoms with Crippen LogP contribution in [0.2, 0.25) is 0 Å². The summed E-state index contributed by atoms with van der Waals surface area (Å²) in [4.78, 5) is 14.4. The summed E-state index contributed by atoms with van der Waals surface area (Å²) in [6.07, 6.45) is 1.00. The van der Waals surface area contributed by atoms with E-state index in [9.17, 15) is 4.79 Å². The minimum Gasteiger partial charge on any atom is -0.384 e. The SMILES string of the molecule is CCCNc1cc(C)ccc1C(=O)N(CC)CC(C)C#N. The lowest BCUT2D eigenvalue weighted by atomic mass is 10.1. The molecule has 1 rings (SSSR count). The van der Waals surface area contributed by atoms with Gasteiger partial charge in [0.1, 0.15) is 0 Å². The maximum atomic E-state index is 12.7. The predicted molar refractivity (Wildman–Crippen MR) is 86.3 cm³/mol. The molecule has 1 aromatic rings. The Labute approximate surface area is 127 Å². The van der Waals surface area contributed by atoms with Crippen LogP contribution in [0.3, 0.4) is 0 Å². The van der Waals surface area contributed by atoms with E-state index >= 15 is 0 Å². The van der Waals surface area contributed by atoms with E-state index in [1.807, 2.05) is 39.0 Å². The van der Waals surface area contributed by atoms with Gasteiger partial charge in [-0.05, 0) is 44.9 Å². The summed E-state index contributed by atoms with van der Waals surface area (Å²) in [5, 5.41) is 12.3. The number of hydrogen-bond acceptors (Lipinski definition) is 3. The smallest absolute Gasteiger partial charge is 0.255 e. The molecule has 1 amide bonds. The molecular weight excluding hydrogens is 262 g/mol. The van der Waals surface area contributed by atoms with Gasteiger partial charge in [-0.3, -0.25) is 4.79 Å². The molecule has 0 aliphatic carbocycles. The molecular formula is C17H25N3O. The summed E-state index contributed by atoms with van der Waals surface area (Å²) in [5.41, 5.74) is 2.68. The molecule has 1 atom stereocenters. The normalized spacial score (nSPS) is 11.6. The first-order valence-electron chi connectivity index (χ1n) is 7.56. The van der Waals surface area contributed by atoms with E-state index in [1.54, 1.807) is 4.90 Å². The highest BCUT2D eigenvalue weighted by Gasteiger charge is 2.19. The highest BCUT2D eigenvalue weighted by atomic mass is 16.2. The highest BCUT2D eigenvalue weighted by molar-refractivity contribution is 5.99. The molecule has 1 unspecified atom stereocenters. The fourth-order valence-corrected chi connectivity index (χ4v) is 2.15. The molecule has 1 N–H and O–H groups in total. The molecule has 114 valence electrons. The second-order valence-electron chi connectivity index (χ2n) is 5.35.